The van der Waals surface area contributed by atoms with Crippen LogP contribution in [0, 0.1) is 0 Å². The molecule has 0 aliphatic carbocycles. The van der Waals surface area contributed by atoms with Crippen LogP contribution in [0.4, 0.5) is 0 Å². The van der Waals surface area contributed by atoms with Crippen LogP contribution in [0.15, 0.2) is 24.3 Å². The molecule has 2 nitrogen and oxygen atoms in total. The maximum Gasteiger partial charge on any atom is 0.338 e. The van der Waals surface area contributed by atoms with Crippen LogP contribution in [0.2, 0.25) is 19.6 Å². The van der Waals surface area contributed by atoms with Gasteiger partial charge in [-0.3, -0.25) is 0 Å². The maximum atomic E-state index is 11.6. The summed E-state index contributed by atoms with van der Waals surface area (Å²) in [4.78, 5) is 11.6. The second-order valence-corrected chi connectivity index (χ2v) is 11.9. The number of esters is 1. The van der Waals surface area contributed by atoms with Crippen molar-refractivity contribution in [2.45, 2.75) is 24.1 Å². The molecule has 0 bridgehead atoms. The summed E-state index contributed by atoms with van der Waals surface area (Å²) in [7, 11) is 0.0310. The monoisotopic (exact) mass is 300 g/mol. The largest absolute Gasteiger partial charge is 0.465 e. The number of hydrogen-bond acceptors (Lipinski definition) is 2. The van der Waals surface area contributed by atoms with Crippen molar-refractivity contribution in [3.8, 4) is 0 Å². The Bertz CT molecular complexity index is 385. The van der Waals surface area contributed by atoms with E-state index in [1.54, 1.807) is 0 Å². The number of rotatable bonds is 3. The lowest BCUT2D eigenvalue weighted by molar-refractivity contribution is 0.0600. The smallest absolute Gasteiger partial charge is 0.338 e. The van der Waals surface area contributed by atoms with Crippen molar-refractivity contribution in [3.05, 3.63) is 35.4 Å². The van der Waals surface area contributed by atoms with Crippen molar-refractivity contribution in [1.82, 2.24) is 0 Å². The van der Waals surface area contributed by atoms with Gasteiger partial charge in [-0.2, -0.15) is 0 Å². The number of halogens is 1. The third-order valence-electron chi connectivity index (χ3n) is 2.40. The summed E-state index contributed by atoms with van der Waals surface area (Å²) < 4.78 is 5.05. The predicted molar refractivity (Wildman–Crippen MR) is 72.8 cm³/mol. The molecule has 88 valence electrons. The molecule has 1 aromatic rings. The zero-order valence-electron chi connectivity index (χ0n) is 10.1. The standard InChI is InChI=1S/C12H17BrO2Si/c1-15-12(14)10-8-6-5-7-9(10)11(13)16(2,3)4/h5-8,11H,1-4H3. The molecule has 0 N–H and O–H groups in total. The predicted octanol–water partition coefficient (Wildman–Crippen LogP) is 3.79. The summed E-state index contributed by atoms with van der Waals surface area (Å²) in [5.74, 6) is -0.265. The summed E-state index contributed by atoms with van der Waals surface area (Å²) in [6, 6.07) is 7.62. The van der Waals surface area contributed by atoms with Gasteiger partial charge in [-0.25, -0.2) is 4.79 Å². The molecule has 0 aliphatic rings. The molecule has 0 saturated heterocycles. The summed E-state index contributed by atoms with van der Waals surface area (Å²) in [5, 5.41) is 0. The lowest BCUT2D eigenvalue weighted by Gasteiger charge is -2.25. The van der Waals surface area contributed by atoms with Gasteiger partial charge in [0.25, 0.3) is 0 Å². The molecule has 0 fully saturated rings. The minimum Gasteiger partial charge on any atom is -0.465 e. The normalized spacial score (nSPS) is 13.3. The number of carbonyl (C=O) groups excluding carboxylic acids is 1. The first-order valence-corrected chi connectivity index (χ1v) is 9.68. The zero-order valence-corrected chi connectivity index (χ0v) is 12.7. The van der Waals surface area contributed by atoms with Crippen molar-refractivity contribution in [1.29, 1.82) is 0 Å². The fourth-order valence-electron chi connectivity index (χ4n) is 1.48. The summed E-state index contributed by atoms with van der Waals surface area (Å²) in [5.41, 5.74) is 1.70. The van der Waals surface area contributed by atoms with Crippen molar-refractivity contribution < 1.29 is 9.53 Å². The van der Waals surface area contributed by atoms with Gasteiger partial charge in [-0.1, -0.05) is 53.8 Å². The third kappa shape index (κ3) is 2.95. The Kier molecular flexibility index (Phi) is 4.33. The highest BCUT2D eigenvalue weighted by molar-refractivity contribution is 9.09. The molecule has 0 aliphatic heterocycles. The average Bonchev–Trinajstić information content (AvgIpc) is 2.25. The first kappa shape index (κ1) is 13.5. The van der Waals surface area contributed by atoms with Gasteiger partial charge in [0, 0.05) is 4.45 Å². The molecule has 1 unspecified atom stereocenters. The van der Waals surface area contributed by atoms with Crippen LogP contribution < -0.4 is 0 Å². The van der Waals surface area contributed by atoms with Crippen LogP contribution in [-0.4, -0.2) is 21.2 Å². The van der Waals surface area contributed by atoms with Crippen molar-refractivity contribution in [3.63, 3.8) is 0 Å². The fourth-order valence-corrected chi connectivity index (χ4v) is 3.06. The number of carbonyl (C=O) groups is 1. The van der Waals surface area contributed by atoms with Gasteiger partial charge in [0.05, 0.1) is 20.7 Å². The van der Waals surface area contributed by atoms with Crippen molar-refractivity contribution in [2.75, 3.05) is 7.11 Å². The highest BCUT2D eigenvalue weighted by Gasteiger charge is 2.28. The Labute approximate surface area is 106 Å². The van der Waals surface area contributed by atoms with Gasteiger partial charge in [0.1, 0.15) is 0 Å². The molecule has 1 rings (SSSR count). The van der Waals surface area contributed by atoms with Crippen LogP contribution in [0.5, 0.6) is 0 Å². The lowest BCUT2D eigenvalue weighted by atomic mass is 10.1. The molecule has 0 saturated carbocycles. The van der Waals surface area contributed by atoms with Crippen LogP contribution in [0.1, 0.15) is 20.4 Å². The summed E-state index contributed by atoms with van der Waals surface area (Å²) in [6.07, 6.45) is 0. The Morgan fingerprint density at radius 3 is 2.38 bits per heavy atom. The van der Waals surface area contributed by atoms with E-state index in [1.807, 2.05) is 24.3 Å². The molecular formula is C12H17BrO2Si. The highest BCUT2D eigenvalue weighted by atomic mass is 79.9. The fraction of sp³-hybridized carbons (Fsp3) is 0.417. The summed E-state index contributed by atoms with van der Waals surface area (Å²) in [6.45, 7) is 6.79. The van der Waals surface area contributed by atoms with E-state index in [0.29, 0.717) is 5.56 Å². The molecule has 0 spiro atoms. The van der Waals surface area contributed by atoms with E-state index < -0.39 is 8.07 Å². The second kappa shape index (κ2) is 5.14. The first-order chi connectivity index (χ1) is 7.38. The van der Waals surface area contributed by atoms with Crippen LogP contribution in [-0.2, 0) is 4.74 Å². The van der Waals surface area contributed by atoms with E-state index >= 15 is 0 Å². The third-order valence-corrected chi connectivity index (χ3v) is 8.84. The number of methoxy groups -OCH3 is 1. The van der Waals surface area contributed by atoms with Gasteiger partial charge >= 0.3 is 5.97 Å². The average molecular weight is 301 g/mol. The van der Waals surface area contributed by atoms with E-state index in [0.717, 1.165) is 5.56 Å². The van der Waals surface area contributed by atoms with Gasteiger partial charge in [-0.15, -0.1) is 0 Å². The molecular weight excluding hydrogens is 284 g/mol. The van der Waals surface area contributed by atoms with Crippen LogP contribution in [0.25, 0.3) is 0 Å². The van der Waals surface area contributed by atoms with Gasteiger partial charge < -0.3 is 4.74 Å². The Balaban J connectivity index is 3.18. The molecule has 0 amide bonds. The Morgan fingerprint density at radius 2 is 1.88 bits per heavy atom. The molecule has 0 aromatic heterocycles. The van der Waals surface area contributed by atoms with E-state index in [2.05, 4.69) is 35.6 Å². The van der Waals surface area contributed by atoms with Crippen LogP contribution in [0.3, 0.4) is 0 Å². The van der Waals surface area contributed by atoms with Crippen molar-refractivity contribution >= 4 is 30.0 Å². The van der Waals surface area contributed by atoms with E-state index in [1.165, 1.54) is 7.11 Å². The molecule has 0 radical (unpaired) electrons. The van der Waals surface area contributed by atoms with E-state index in [4.69, 9.17) is 4.74 Å². The number of ether oxygens (including phenoxy) is 1. The molecule has 1 aromatic carbocycles. The summed E-state index contributed by atoms with van der Waals surface area (Å²) >= 11 is 3.71. The zero-order chi connectivity index (χ0) is 12.3. The van der Waals surface area contributed by atoms with E-state index in [-0.39, 0.29) is 10.4 Å². The second-order valence-electron chi connectivity index (χ2n) is 4.81. The molecule has 16 heavy (non-hydrogen) atoms. The van der Waals surface area contributed by atoms with Gasteiger partial charge in [-0.05, 0) is 11.6 Å². The topological polar surface area (TPSA) is 26.3 Å². The lowest BCUT2D eigenvalue weighted by Crippen LogP contribution is -2.28. The molecule has 1 atom stereocenters. The van der Waals surface area contributed by atoms with Crippen molar-refractivity contribution in [2.24, 2.45) is 0 Å². The van der Waals surface area contributed by atoms with Gasteiger partial charge in [0.2, 0.25) is 0 Å². The Hall–Kier alpha value is -0.613. The molecule has 4 heteroatoms. The SMILES string of the molecule is COC(=O)c1ccccc1C(Br)[Si](C)(C)C. The van der Waals surface area contributed by atoms with Crippen LogP contribution >= 0.6 is 15.9 Å². The first-order valence-electron chi connectivity index (χ1n) is 5.19. The minimum absolute atomic E-state index is 0.260. The molecule has 0 heterocycles. The number of alkyl halides is 1. The minimum atomic E-state index is -1.38. The quantitative estimate of drug-likeness (QED) is 0.482. The van der Waals surface area contributed by atoms with E-state index in [9.17, 15) is 4.79 Å². The van der Waals surface area contributed by atoms with Gasteiger partial charge in [0.15, 0.2) is 0 Å². The maximum absolute atomic E-state index is 11.6. The Morgan fingerprint density at radius 1 is 1.31 bits per heavy atom. The number of benzene rings is 1. The number of hydrogen-bond donors (Lipinski definition) is 0. The highest BCUT2D eigenvalue weighted by Crippen LogP contribution is 2.34.